The molecule has 0 rings (SSSR count). The highest BCUT2D eigenvalue weighted by Crippen LogP contribution is 2.13. The van der Waals surface area contributed by atoms with Gasteiger partial charge in [0.15, 0.2) is 0 Å². The number of aliphatic hydroxyl groups is 3. The lowest BCUT2D eigenvalue weighted by Crippen LogP contribution is -2.16. The normalized spacial score (nSPS) is 17.1. The molecule has 0 radical (unpaired) electrons. The first-order valence-electron chi connectivity index (χ1n) is 6.64. The topological polar surface area (TPSA) is 60.7 Å². The summed E-state index contributed by atoms with van der Waals surface area (Å²) in [6.07, 6.45) is 5.26. The molecule has 0 saturated heterocycles. The van der Waals surface area contributed by atoms with E-state index in [0.717, 1.165) is 25.7 Å². The summed E-state index contributed by atoms with van der Waals surface area (Å²) >= 11 is 0. The Morgan fingerprint density at radius 3 is 1.06 bits per heavy atom. The van der Waals surface area contributed by atoms with Gasteiger partial charge < -0.3 is 15.3 Å². The Hall–Kier alpha value is -0.120. The van der Waals surface area contributed by atoms with Gasteiger partial charge in [-0.1, -0.05) is 26.7 Å². The van der Waals surface area contributed by atoms with Crippen LogP contribution in [0.2, 0.25) is 0 Å². The monoisotopic (exact) mass is 232 g/mol. The van der Waals surface area contributed by atoms with Crippen LogP contribution in [0.3, 0.4) is 0 Å². The minimum Gasteiger partial charge on any atom is -0.393 e. The van der Waals surface area contributed by atoms with Crippen LogP contribution in [-0.2, 0) is 0 Å². The van der Waals surface area contributed by atoms with Crippen molar-refractivity contribution in [2.45, 2.75) is 83.5 Å². The predicted octanol–water partition coefficient (Wildman–Crippen LogP) is 2.23. The van der Waals surface area contributed by atoms with Crippen LogP contribution < -0.4 is 0 Å². The van der Waals surface area contributed by atoms with E-state index >= 15 is 0 Å². The van der Waals surface area contributed by atoms with E-state index in [9.17, 15) is 15.3 Å². The summed E-state index contributed by atoms with van der Waals surface area (Å²) in [6, 6.07) is 0. The fourth-order valence-corrected chi connectivity index (χ4v) is 1.87. The third-order valence-electron chi connectivity index (χ3n) is 2.91. The highest BCUT2D eigenvalue weighted by molar-refractivity contribution is 4.64. The molecular weight excluding hydrogens is 204 g/mol. The van der Waals surface area contributed by atoms with Gasteiger partial charge in [-0.25, -0.2) is 0 Å². The van der Waals surface area contributed by atoms with Crippen molar-refractivity contribution < 1.29 is 15.3 Å². The first-order chi connectivity index (χ1) is 7.60. The molecule has 0 aromatic heterocycles. The molecule has 0 bridgehead atoms. The van der Waals surface area contributed by atoms with Crippen molar-refractivity contribution in [2.75, 3.05) is 0 Å². The average Bonchev–Trinajstić information content (AvgIpc) is 2.24. The van der Waals surface area contributed by atoms with E-state index < -0.39 is 0 Å². The molecule has 16 heavy (non-hydrogen) atoms. The van der Waals surface area contributed by atoms with Crippen molar-refractivity contribution >= 4 is 0 Å². The first-order valence-corrected chi connectivity index (χ1v) is 6.64. The molecule has 98 valence electrons. The molecule has 0 saturated carbocycles. The lowest BCUT2D eigenvalue weighted by Gasteiger charge is -2.15. The van der Waals surface area contributed by atoms with E-state index in [-0.39, 0.29) is 18.3 Å². The predicted molar refractivity (Wildman–Crippen MR) is 66.3 cm³/mol. The third kappa shape index (κ3) is 9.13. The molecular formula is C13H28O3. The Bertz CT molecular complexity index is 134. The molecule has 0 spiro atoms. The van der Waals surface area contributed by atoms with Crippen LogP contribution >= 0.6 is 0 Å². The van der Waals surface area contributed by atoms with Gasteiger partial charge in [-0.3, -0.25) is 0 Å². The smallest absolute Gasteiger partial charge is 0.0542 e. The van der Waals surface area contributed by atoms with Crippen molar-refractivity contribution in [3.63, 3.8) is 0 Å². The molecule has 0 amide bonds. The fraction of sp³-hybridized carbons (Fsp3) is 1.00. The standard InChI is InChI=1S/C13H28O3/c1-3-5-11(14)7-9-13(16)10-8-12(15)6-4-2/h11-16H,3-10H2,1-2H3. The maximum atomic E-state index is 9.66. The number of rotatable bonds is 10. The fourth-order valence-electron chi connectivity index (χ4n) is 1.87. The molecule has 0 aliphatic rings. The van der Waals surface area contributed by atoms with Crippen LogP contribution in [-0.4, -0.2) is 33.6 Å². The summed E-state index contributed by atoms with van der Waals surface area (Å²) in [5.74, 6) is 0. The van der Waals surface area contributed by atoms with Gasteiger partial charge in [0.25, 0.3) is 0 Å². The number of hydrogen-bond donors (Lipinski definition) is 3. The van der Waals surface area contributed by atoms with Crippen molar-refractivity contribution in [1.82, 2.24) is 0 Å². The Morgan fingerprint density at radius 2 is 0.812 bits per heavy atom. The lowest BCUT2D eigenvalue weighted by molar-refractivity contribution is 0.0834. The number of aliphatic hydroxyl groups excluding tert-OH is 3. The van der Waals surface area contributed by atoms with E-state index in [1.54, 1.807) is 0 Å². The quantitative estimate of drug-likeness (QED) is 0.541. The van der Waals surface area contributed by atoms with Gasteiger partial charge in [-0.2, -0.15) is 0 Å². The summed E-state index contributed by atoms with van der Waals surface area (Å²) in [4.78, 5) is 0. The van der Waals surface area contributed by atoms with Crippen LogP contribution in [0.15, 0.2) is 0 Å². The second-order valence-corrected chi connectivity index (χ2v) is 4.69. The van der Waals surface area contributed by atoms with E-state index in [1.165, 1.54) is 0 Å². The maximum absolute atomic E-state index is 9.66. The zero-order valence-electron chi connectivity index (χ0n) is 10.7. The minimum atomic E-state index is -0.377. The maximum Gasteiger partial charge on any atom is 0.0542 e. The van der Waals surface area contributed by atoms with Gasteiger partial charge in [0.2, 0.25) is 0 Å². The molecule has 0 aliphatic carbocycles. The molecule has 2 unspecified atom stereocenters. The van der Waals surface area contributed by atoms with Crippen LogP contribution in [0.1, 0.15) is 65.2 Å². The Kier molecular flexibility index (Phi) is 9.99. The molecule has 2 atom stereocenters. The molecule has 0 heterocycles. The van der Waals surface area contributed by atoms with Crippen LogP contribution in [0.5, 0.6) is 0 Å². The molecule has 0 aromatic rings. The van der Waals surface area contributed by atoms with Crippen molar-refractivity contribution in [1.29, 1.82) is 0 Å². The van der Waals surface area contributed by atoms with Gasteiger partial charge in [0.05, 0.1) is 18.3 Å². The van der Waals surface area contributed by atoms with Gasteiger partial charge in [0.1, 0.15) is 0 Å². The molecule has 0 aromatic carbocycles. The van der Waals surface area contributed by atoms with Gasteiger partial charge >= 0.3 is 0 Å². The van der Waals surface area contributed by atoms with E-state index in [0.29, 0.717) is 25.7 Å². The number of hydrogen-bond acceptors (Lipinski definition) is 3. The Labute approximate surface area is 99.5 Å². The van der Waals surface area contributed by atoms with E-state index in [1.807, 2.05) is 13.8 Å². The van der Waals surface area contributed by atoms with Gasteiger partial charge in [0, 0.05) is 0 Å². The lowest BCUT2D eigenvalue weighted by atomic mass is 10.0. The zero-order valence-corrected chi connectivity index (χ0v) is 10.7. The molecule has 3 nitrogen and oxygen atoms in total. The van der Waals surface area contributed by atoms with Gasteiger partial charge in [-0.05, 0) is 38.5 Å². The summed E-state index contributed by atoms with van der Waals surface area (Å²) < 4.78 is 0. The summed E-state index contributed by atoms with van der Waals surface area (Å²) in [6.45, 7) is 4.08. The minimum absolute atomic E-state index is 0.278. The van der Waals surface area contributed by atoms with E-state index in [2.05, 4.69) is 0 Å². The van der Waals surface area contributed by atoms with E-state index in [4.69, 9.17) is 0 Å². The third-order valence-corrected chi connectivity index (χ3v) is 2.91. The second kappa shape index (κ2) is 10.1. The summed E-state index contributed by atoms with van der Waals surface area (Å²) in [5, 5.41) is 28.7. The SMILES string of the molecule is CCCC(O)CCC(O)CCC(O)CCC. The first kappa shape index (κ1) is 15.9. The summed E-state index contributed by atoms with van der Waals surface area (Å²) in [7, 11) is 0. The zero-order chi connectivity index (χ0) is 12.4. The highest BCUT2D eigenvalue weighted by Gasteiger charge is 2.11. The van der Waals surface area contributed by atoms with Crippen LogP contribution in [0.25, 0.3) is 0 Å². The molecule has 3 heteroatoms. The molecule has 0 fully saturated rings. The molecule has 3 N–H and O–H groups in total. The van der Waals surface area contributed by atoms with Crippen LogP contribution in [0, 0.1) is 0 Å². The summed E-state index contributed by atoms with van der Waals surface area (Å²) in [5.41, 5.74) is 0. The largest absolute Gasteiger partial charge is 0.393 e. The van der Waals surface area contributed by atoms with Crippen molar-refractivity contribution in [3.8, 4) is 0 Å². The highest BCUT2D eigenvalue weighted by atomic mass is 16.3. The molecule has 0 aliphatic heterocycles. The van der Waals surface area contributed by atoms with Crippen molar-refractivity contribution in [2.24, 2.45) is 0 Å². The van der Waals surface area contributed by atoms with Gasteiger partial charge in [-0.15, -0.1) is 0 Å². The van der Waals surface area contributed by atoms with Crippen LogP contribution in [0.4, 0.5) is 0 Å². The average molecular weight is 232 g/mol. The van der Waals surface area contributed by atoms with Crippen molar-refractivity contribution in [3.05, 3.63) is 0 Å². The second-order valence-electron chi connectivity index (χ2n) is 4.69. The Morgan fingerprint density at radius 1 is 0.562 bits per heavy atom. The Balaban J connectivity index is 3.46.